The number of methoxy groups -OCH3 is 1. The van der Waals surface area contributed by atoms with Crippen molar-refractivity contribution < 1.29 is 13.2 Å². The van der Waals surface area contributed by atoms with Crippen LogP contribution in [0, 0.1) is 17.6 Å². The highest BCUT2D eigenvalue weighted by atomic mass is 32.2. The Hall–Kier alpha value is -2.17. The van der Waals surface area contributed by atoms with Gasteiger partial charge >= 0.3 is 0 Å². The molecule has 0 aliphatic carbocycles. The first kappa shape index (κ1) is 16.2. The van der Waals surface area contributed by atoms with Crippen LogP contribution in [-0.2, 0) is 10.0 Å². The number of nitriles is 1. The van der Waals surface area contributed by atoms with E-state index in [1.807, 2.05) is 5.40 Å². The second-order valence-corrected chi connectivity index (χ2v) is 6.99. The maximum atomic E-state index is 12.4. The maximum absolute atomic E-state index is 12.4. The van der Waals surface area contributed by atoms with Gasteiger partial charge in [0.25, 0.3) is 10.0 Å². The zero-order valence-corrected chi connectivity index (χ0v) is 13.7. The lowest BCUT2D eigenvalue weighted by atomic mass is 10.2. The largest absolute Gasteiger partial charge is 0.497 e. The average molecular weight is 334 g/mol. The number of benzene rings is 2. The standard InChI is InChI=1S/C15H14N2O3S2/c1-11-9-13(21-10-16)5-8-15(11)17-22(18,19)14-6-3-12(20-2)4-7-14/h3-9,17H,1-2H3. The molecule has 2 aromatic rings. The molecule has 22 heavy (non-hydrogen) atoms. The van der Waals surface area contributed by atoms with Gasteiger partial charge in [-0.3, -0.25) is 4.72 Å². The van der Waals surface area contributed by atoms with Gasteiger partial charge in [-0.2, -0.15) is 5.26 Å². The summed E-state index contributed by atoms with van der Waals surface area (Å²) in [7, 11) is -2.14. The van der Waals surface area contributed by atoms with E-state index in [-0.39, 0.29) is 4.90 Å². The second-order valence-electron chi connectivity index (χ2n) is 4.45. The van der Waals surface area contributed by atoms with Gasteiger partial charge < -0.3 is 4.74 Å². The summed E-state index contributed by atoms with van der Waals surface area (Å²) in [6.45, 7) is 1.79. The first-order valence-corrected chi connectivity index (χ1v) is 8.59. The van der Waals surface area contributed by atoms with Gasteiger partial charge in [0.2, 0.25) is 0 Å². The van der Waals surface area contributed by atoms with Crippen LogP contribution in [0.25, 0.3) is 0 Å². The predicted octanol–water partition coefficient (Wildman–Crippen LogP) is 3.38. The summed E-state index contributed by atoms with van der Waals surface area (Å²) in [5, 5.41) is 10.6. The maximum Gasteiger partial charge on any atom is 0.261 e. The van der Waals surface area contributed by atoms with Gasteiger partial charge in [-0.15, -0.1) is 0 Å². The van der Waals surface area contributed by atoms with E-state index in [1.54, 1.807) is 37.3 Å². The van der Waals surface area contributed by atoms with E-state index >= 15 is 0 Å². The fourth-order valence-electron chi connectivity index (χ4n) is 1.83. The molecule has 0 saturated carbocycles. The van der Waals surface area contributed by atoms with Gasteiger partial charge in [0.05, 0.1) is 17.7 Å². The molecule has 0 spiro atoms. The lowest BCUT2D eigenvalue weighted by Gasteiger charge is -2.11. The summed E-state index contributed by atoms with van der Waals surface area (Å²) in [6, 6.07) is 11.3. The van der Waals surface area contributed by atoms with E-state index in [2.05, 4.69) is 4.72 Å². The van der Waals surface area contributed by atoms with E-state index in [9.17, 15) is 8.42 Å². The number of nitrogens with zero attached hydrogens (tertiary/aromatic N) is 1. The first-order chi connectivity index (χ1) is 10.5. The molecule has 0 aromatic heterocycles. The van der Waals surface area contributed by atoms with Gasteiger partial charge in [0, 0.05) is 4.90 Å². The van der Waals surface area contributed by atoms with Gasteiger partial charge in [0.1, 0.15) is 11.2 Å². The summed E-state index contributed by atoms with van der Waals surface area (Å²) in [5.41, 5.74) is 1.23. The minimum absolute atomic E-state index is 0.156. The summed E-state index contributed by atoms with van der Waals surface area (Å²) < 4.78 is 32.3. The van der Waals surface area contributed by atoms with Crippen molar-refractivity contribution in [2.24, 2.45) is 0 Å². The molecule has 2 aromatic carbocycles. The molecule has 0 aliphatic rings. The molecular formula is C15H14N2O3S2. The molecule has 0 bridgehead atoms. The number of rotatable bonds is 5. The van der Waals surface area contributed by atoms with Crippen molar-refractivity contribution in [3.63, 3.8) is 0 Å². The van der Waals surface area contributed by atoms with Crippen LogP contribution in [-0.4, -0.2) is 15.5 Å². The van der Waals surface area contributed by atoms with E-state index in [0.717, 1.165) is 22.2 Å². The average Bonchev–Trinajstić information content (AvgIpc) is 2.50. The quantitative estimate of drug-likeness (QED) is 0.670. The fraction of sp³-hybridized carbons (Fsp3) is 0.133. The van der Waals surface area contributed by atoms with Crippen molar-refractivity contribution in [2.75, 3.05) is 11.8 Å². The molecule has 114 valence electrons. The molecule has 0 saturated heterocycles. The van der Waals surface area contributed by atoms with Crippen molar-refractivity contribution in [3.8, 4) is 11.2 Å². The highest BCUT2D eigenvalue weighted by Gasteiger charge is 2.15. The van der Waals surface area contributed by atoms with Crippen LogP contribution >= 0.6 is 11.8 Å². The lowest BCUT2D eigenvalue weighted by molar-refractivity contribution is 0.414. The van der Waals surface area contributed by atoms with E-state index < -0.39 is 10.0 Å². The molecular weight excluding hydrogens is 320 g/mol. The van der Waals surface area contributed by atoms with E-state index in [1.165, 1.54) is 19.2 Å². The van der Waals surface area contributed by atoms with Crippen LogP contribution in [0.15, 0.2) is 52.3 Å². The molecule has 0 radical (unpaired) electrons. The highest BCUT2D eigenvalue weighted by Crippen LogP contribution is 2.25. The molecule has 1 N–H and O–H groups in total. The Kier molecular flexibility index (Phi) is 4.96. The van der Waals surface area contributed by atoms with Crippen LogP contribution in [0.3, 0.4) is 0 Å². The predicted molar refractivity (Wildman–Crippen MR) is 86.5 cm³/mol. The number of ether oxygens (including phenoxy) is 1. The minimum Gasteiger partial charge on any atom is -0.497 e. The third kappa shape index (κ3) is 3.72. The van der Waals surface area contributed by atoms with Crippen LogP contribution in [0.5, 0.6) is 5.75 Å². The molecule has 0 atom stereocenters. The summed E-state index contributed by atoms with van der Waals surface area (Å²) in [4.78, 5) is 0.926. The second kappa shape index (κ2) is 6.73. The highest BCUT2D eigenvalue weighted by molar-refractivity contribution is 8.03. The Bertz CT molecular complexity index is 810. The number of hydrogen-bond acceptors (Lipinski definition) is 5. The number of nitrogens with one attached hydrogen (secondary N) is 1. The van der Waals surface area contributed by atoms with Crippen molar-refractivity contribution in [2.45, 2.75) is 16.7 Å². The van der Waals surface area contributed by atoms with E-state index in [0.29, 0.717) is 11.4 Å². The van der Waals surface area contributed by atoms with Crippen molar-refractivity contribution >= 4 is 27.5 Å². The SMILES string of the molecule is COc1ccc(S(=O)(=O)Nc2ccc(SC#N)cc2C)cc1. The number of thioether (sulfide) groups is 1. The van der Waals surface area contributed by atoms with Gasteiger partial charge in [-0.1, -0.05) is 0 Å². The molecule has 5 nitrogen and oxygen atoms in total. The number of thiocyanates is 1. The van der Waals surface area contributed by atoms with Crippen LogP contribution < -0.4 is 9.46 Å². The monoisotopic (exact) mass is 334 g/mol. The summed E-state index contributed by atoms with van der Waals surface area (Å²) >= 11 is 1.03. The Morgan fingerprint density at radius 3 is 2.41 bits per heavy atom. The third-order valence-electron chi connectivity index (χ3n) is 2.98. The molecule has 7 heteroatoms. The van der Waals surface area contributed by atoms with Crippen LogP contribution in [0.2, 0.25) is 0 Å². The molecule has 0 unspecified atom stereocenters. The Balaban J connectivity index is 2.26. The molecule has 0 aliphatic heterocycles. The van der Waals surface area contributed by atoms with Crippen LogP contribution in [0.4, 0.5) is 5.69 Å². The van der Waals surface area contributed by atoms with Crippen LogP contribution in [0.1, 0.15) is 5.56 Å². The topological polar surface area (TPSA) is 79.2 Å². The number of aryl methyl sites for hydroxylation is 1. The van der Waals surface area contributed by atoms with Crippen molar-refractivity contribution in [3.05, 3.63) is 48.0 Å². The molecule has 2 rings (SSSR count). The zero-order chi connectivity index (χ0) is 16.2. The van der Waals surface area contributed by atoms with E-state index in [4.69, 9.17) is 10.00 Å². The Morgan fingerprint density at radius 2 is 1.86 bits per heavy atom. The minimum atomic E-state index is -3.66. The fourth-order valence-corrected chi connectivity index (χ4v) is 3.43. The van der Waals surface area contributed by atoms with Gasteiger partial charge in [0.15, 0.2) is 0 Å². The Labute approximate surface area is 134 Å². The van der Waals surface area contributed by atoms with Gasteiger partial charge in [-0.05, 0) is 66.7 Å². The van der Waals surface area contributed by atoms with Crippen molar-refractivity contribution in [1.29, 1.82) is 5.26 Å². The molecule has 0 amide bonds. The van der Waals surface area contributed by atoms with Crippen molar-refractivity contribution in [1.82, 2.24) is 0 Å². The zero-order valence-electron chi connectivity index (χ0n) is 12.0. The third-order valence-corrected chi connectivity index (χ3v) is 4.94. The molecule has 0 heterocycles. The number of anilines is 1. The number of hydrogen-bond donors (Lipinski definition) is 1. The Morgan fingerprint density at radius 1 is 1.18 bits per heavy atom. The summed E-state index contributed by atoms with van der Waals surface area (Å²) in [5.74, 6) is 0.591. The first-order valence-electron chi connectivity index (χ1n) is 6.30. The summed E-state index contributed by atoms with van der Waals surface area (Å²) in [6.07, 6.45) is 0. The molecule has 0 fully saturated rings. The normalized spacial score (nSPS) is 10.8. The number of sulfonamides is 1. The van der Waals surface area contributed by atoms with Gasteiger partial charge in [-0.25, -0.2) is 8.42 Å². The lowest BCUT2D eigenvalue weighted by Crippen LogP contribution is -2.13. The smallest absolute Gasteiger partial charge is 0.261 e.